The highest BCUT2D eigenvalue weighted by Gasteiger charge is 2.40. The first-order valence-electron chi connectivity index (χ1n) is 7.79. The van der Waals surface area contributed by atoms with Gasteiger partial charge in [-0.2, -0.15) is 0 Å². The van der Waals surface area contributed by atoms with Gasteiger partial charge in [0.05, 0.1) is 5.92 Å². The Kier molecular flexibility index (Phi) is 3.71. The zero-order valence-corrected chi connectivity index (χ0v) is 12.1. The molecule has 3 aliphatic rings. The molecule has 0 aromatic rings. The van der Waals surface area contributed by atoms with Crippen LogP contribution in [0.3, 0.4) is 0 Å². The highest BCUT2D eigenvalue weighted by Crippen LogP contribution is 2.34. The molecule has 1 aliphatic carbocycles. The molecule has 0 aromatic carbocycles. The van der Waals surface area contributed by atoms with Gasteiger partial charge in [0.25, 0.3) is 0 Å². The lowest BCUT2D eigenvalue weighted by Gasteiger charge is -2.28. The monoisotopic (exact) mass is 280 g/mol. The van der Waals surface area contributed by atoms with Crippen LogP contribution < -0.4 is 0 Å². The third kappa shape index (κ3) is 2.43. The fraction of sp³-hybridized carbons (Fsp3) is 0.867. The van der Waals surface area contributed by atoms with E-state index in [4.69, 9.17) is 5.11 Å². The van der Waals surface area contributed by atoms with Gasteiger partial charge in [0.2, 0.25) is 5.91 Å². The van der Waals surface area contributed by atoms with Gasteiger partial charge < -0.3 is 10.0 Å². The normalized spacial score (nSPS) is 38.0. The van der Waals surface area contributed by atoms with Crippen LogP contribution in [0.1, 0.15) is 38.5 Å². The van der Waals surface area contributed by atoms with E-state index < -0.39 is 5.97 Å². The maximum absolute atomic E-state index is 12.6. The van der Waals surface area contributed by atoms with Crippen LogP contribution >= 0.6 is 0 Å². The van der Waals surface area contributed by atoms with Crippen molar-refractivity contribution in [3.8, 4) is 0 Å². The van der Waals surface area contributed by atoms with Gasteiger partial charge in [0.15, 0.2) is 0 Å². The summed E-state index contributed by atoms with van der Waals surface area (Å²) in [4.78, 5) is 28.1. The molecule has 3 rings (SSSR count). The second kappa shape index (κ2) is 5.35. The van der Waals surface area contributed by atoms with Gasteiger partial charge in [-0.25, -0.2) is 0 Å². The molecule has 2 heterocycles. The Bertz CT molecular complexity index is 412. The number of carbonyl (C=O) groups excluding carboxylic acids is 1. The van der Waals surface area contributed by atoms with Gasteiger partial charge in [-0.1, -0.05) is 0 Å². The summed E-state index contributed by atoms with van der Waals surface area (Å²) in [7, 11) is 2.17. The molecule has 5 heteroatoms. The van der Waals surface area contributed by atoms with Gasteiger partial charge in [0, 0.05) is 31.1 Å². The third-order valence-corrected chi connectivity index (χ3v) is 5.59. The minimum absolute atomic E-state index is 0.0574. The number of carbonyl (C=O) groups is 2. The molecular weight excluding hydrogens is 256 g/mol. The summed E-state index contributed by atoms with van der Waals surface area (Å²) in [5, 5.41) is 9.06. The summed E-state index contributed by atoms with van der Waals surface area (Å²) in [6.07, 6.45) is 5.45. The molecule has 2 saturated heterocycles. The number of likely N-dealkylation sites (N-methyl/N-ethyl adjacent to an activating group) is 1. The van der Waals surface area contributed by atoms with Gasteiger partial charge in [-0.3, -0.25) is 14.5 Å². The maximum Gasteiger partial charge on any atom is 0.306 e. The molecule has 20 heavy (non-hydrogen) atoms. The molecule has 4 atom stereocenters. The van der Waals surface area contributed by atoms with Crippen molar-refractivity contribution in [3.63, 3.8) is 0 Å². The number of carboxylic acid groups (broad SMARTS) is 1. The van der Waals surface area contributed by atoms with E-state index >= 15 is 0 Å². The van der Waals surface area contributed by atoms with Crippen molar-refractivity contribution in [3.05, 3.63) is 0 Å². The summed E-state index contributed by atoms with van der Waals surface area (Å²) >= 11 is 0. The maximum atomic E-state index is 12.6. The van der Waals surface area contributed by atoms with Gasteiger partial charge >= 0.3 is 5.97 Å². The number of likely N-dealkylation sites (tertiary alicyclic amines) is 1. The van der Waals surface area contributed by atoms with E-state index in [1.54, 1.807) is 0 Å². The van der Waals surface area contributed by atoms with E-state index in [1.165, 1.54) is 12.8 Å². The molecule has 112 valence electrons. The van der Waals surface area contributed by atoms with E-state index in [0.29, 0.717) is 24.9 Å². The van der Waals surface area contributed by atoms with Crippen molar-refractivity contribution in [2.75, 3.05) is 20.1 Å². The van der Waals surface area contributed by atoms with Gasteiger partial charge in [-0.05, 0) is 45.6 Å². The van der Waals surface area contributed by atoms with E-state index in [-0.39, 0.29) is 17.7 Å². The lowest BCUT2D eigenvalue weighted by molar-refractivity contribution is -0.141. The summed E-state index contributed by atoms with van der Waals surface area (Å²) in [5.74, 6) is -0.905. The lowest BCUT2D eigenvalue weighted by Crippen LogP contribution is -2.42. The van der Waals surface area contributed by atoms with Crippen molar-refractivity contribution in [1.82, 2.24) is 9.80 Å². The Morgan fingerprint density at radius 3 is 2.40 bits per heavy atom. The second-order valence-corrected chi connectivity index (χ2v) is 6.67. The van der Waals surface area contributed by atoms with E-state index in [9.17, 15) is 9.59 Å². The van der Waals surface area contributed by atoms with Crippen molar-refractivity contribution in [2.24, 2.45) is 11.8 Å². The van der Waals surface area contributed by atoms with Crippen molar-refractivity contribution < 1.29 is 14.7 Å². The van der Waals surface area contributed by atoms with Gasteiger partial charge in [0.1, 0.15) is 0 Å². The topological polar surface area (TPSA) is 60.9 Å². The quantitative estimate of drug-likeness (QED) is 0.825. The molecule has 1 N–H and O–H groups in total. The highest BCUT2D eigenvalue weighted by molar-refractivity contribution is 5.81. The minimum atomic E-state index is -0.741. The lowest BCUT2D eigenvalue weighted by atomic mass is 10.0. The number of amides is 1. The average molecular weight is 280 g/mol. The summed E-state index contributed by atoms with van der Waals surface area (Å²) in [5.41, 5.74) is 0. The first-order valence-corrected chi connectivity index (χ1v) is 7.79. The second-order valence-electron chi connectivity index (χ2n) is 6.67. The Labute approximate surface area is 119 Å². The molecule has 0 spiro atoms. The van der Waals surface area contributed by atoms with Crippen molar-refractivity contribution in [1.29, 1.82) is 0 Å². The van der Waals surface area contributed by atoms with E-state index in [2.05, 4.69) is 11.9 Å². The predicted octanol–water partition coefficient (Wildman–Crippen LogP) is 1.18. The Hall–Kier alpha value is -1.10. The average Bonchev–Trinajstić information content (AvgIpc) is 2.95. The first-order chi connectivity index (χ1) is 9.56. The summed E-state index contributed by atoms with van der Waals surface area (Å²) in [6, 6.07) is 1.14. The highest BCUT2D eigenvalue weighted by atomic mass is 16.4. The first kappa shape index (κ1) is 13.9. The fourth-order valence-corrected chi connectivity index (χ4v) is 4.20. The standard InChI is InChI=1S/C15H24N2O3/c1-16-12-4-5-13(16)9-17(7-6-12)14(18)10-2-3-11(8-10)15(19)20/h10-13H,2-9H2,1H3,(H,19,20). The third-order valence-electron chi connectivity index (χ3n) is 5.59. The Balaban J connectivity index is 1.62. The molecule has 0 radical (unpaired) electrons. The molecule has 1 saturated carbocycles. The largest absolute Gasteiger partial charge is 0.481 e. The van der Waals surface area contributed by atoms with Crippen LogP contribution in [0, 0.1) is 11.8 Å². The SMILES string of the molecule is CN1C2CCC1CN(C(=O)C1CCC(C(=O)O)C1)CC2. The summed E-state index contributed by atoms with van der Waals surface area (Å²) < 4.78 is 0. The van der Waals surface area contributed by atoms with Crippen LogP contribution in [0.4, 0.5) is 0 Å². The Morgan fingerprint density at radius 2 is 1.70 bits per heavy atom. The molecule has 5 nitrogen and oxygen atoms in total. The van der Waals surface area contributed by atoms with Crippen molar-refractivity contribution in [2.45, 2.75) is 50.6 Å². The van der Waals surface area contributed by atoms with Crippen molar-refractivity contribution >= 4 is 11.9 Å². The minimum Gasteiger partial charge on any atom is -0.481 e. The van der Waals surface area contributed by atoms with Crippen LogP contribution in [-0.4, -0.2) is 59.0 Å². The number of aliphatic carboxylic acids is 1. The predicted molar refractivity (Wildman–Crippen MR) is 74.2 cm³/mol. The number of fused-ring (bicyclic) bond motifs is 2. The number of nitrogens with zero attached hydrogens (tertiary/aromatic N) is 2. The number of hydrogen-bond acceptors (Lipinski definition) is 3. The summed E-state index contributed by atoms with van der Waals surface area (Å²) in [6.45, 7) is 1.68. The Morgan fingerprint density at radius 1 is 1.00 bits per heavy atom. The fourth-order valence-electron chi connectivity index (χ4n) is 4.20. The zero-order chi connectivity index (χ0) is 14.3. The molecular formula is C15H24N2O3. The number of carboxylic acids is 1. The van der Waals surface area contributed by atoms with Gasteiger partial charge in [-0.15, -0.1) is 0 Å². The number of hydrogen-bond donors (Lipinski definition) is 1. The van der Waals surface area contributed by atoms with E-state index in [0.717, 1.165) is 25.9 Å². The van der Waals surface area contributed by atoms with Crippen LogP contribution in [0.15, 0.2) is 0 Å². The van der Waals surface area contributed by atoms with E-state index in [1.807, 2.05) is 4.90 Å². The molecule has 2 aliphatic heterocycles. The van der Waals surface area contributed by atoms with Crippen LogP contribution in [-0.2, 0) is 9.59 Å². The number of rotatable bonds is 2. The zero-order valence-electron chi connectivity index (χ0n) is 12.1. The molecule has 3 fully saturated rings. The molecule has 0 aromatic heterocycles. The van der Waals surface area contributed by atoms with Crippen LogP contribution in [0.5, 0.6) is 0 Å². The molecule has 1 amide bonds. The van der Waals surface area contributed by atoms with Crippen LogP contribution in [0.25, 0.3) is 0 Å². The molecule has 4 unspecified atom stereocenters. The van der Waals surface area contributed by atoms with Crippen LogP contribution in [0.2, 0.25) is 0 Å². The smallest absolute Gasteiger partial charge is 0.306 e. The molecule has 2 bridgehead atoms.